The molecule has 0 radical (unpaired) electrons. The third kappa shape index (κ3) is 2.30. The number of aliphatic carboxylic acids is 1. The Morgan fingerprint density at radius 3 is 2.53 bits per heavy atom. The Hall–Kier alpha value is -2.25. The molecule has 1 aromatic rings. The predicted molar refractivity (Wildman–Crippen MR) is 51.2 cm³/mol. The summed E-state index contributed by atoms with van der Waals surface area (Å²) >= 11 is 0. The van der Waals surface area contributed by atoms with Crippen LogP contribution in [0, 0.1) is 10.1 Å². The van der Waals surface area contributed by atoms with E-state index < -0.39 is 28.1 Å². The van der Waals surface area contributed by atoms with Gasteiger partial charge in [0.25, 0.3) is 0 Å². The van der Waals surface area contributed by atoms with Crippen molar-refractivity contribution >= 4 is 11.7 Å². The molecule has 8 heteroatoms. The van der Waals surface area contributed by atoms with E-state index in [9.17, 15) is 23.7 Å². The summed E-state index contributed by atoms with van der Waals surface area (Å²) in [6.07, 6.45) is 0. The normalized spacial score (nSPS) is 11.0. The van der Waals surface area contributed by atoms with E-state index in [1.807, 2.05) is 0 Å². The van der Waals surface area contributed by atoms with Crippen molar-refractivity contribution in [2.75, 3.05) is 7.11 Å². The Morgan fingerprint density at radius 2 is 2.12 bits per heavy atom. The Balaban J connectivity index is 3.35. The molecule has 0 saturated heterocycles. The van der Waals surface area contributed by atoms with Crippen LogP contribution in [0.15, 0.2) is 18.2 Å². The van der Waals surface area contributed by atoms with Crippen molar-refractivity contribution in [1.29, 1.82) is 0 Å². The van der Waals surface area contributed by atoms with Gasteiger partial charge in [-0.05, 0) is 12.1 Å². The van der Waals surface area contributed by atoms with Crippen LogP contribution in [0.5, 0.6) is 5.75 Å². The first-order valence-corrected chi connectivity index (χ1v) is 4.24. The summed E-state index contributed by atoms with van der Waals surface area (Å²) in [6.45, 7) is 0. The maximum atomic E-state index is 13.1. The third-order valence-corrected chi connectivity index (χ3v) is 2.01. The fourth-order valence-corrected chi connectivity index (χ4v) is 1.15. The monoisotopic (exact) mass is 247 g/mol. The van der Waals surface area contributed by atoms with Crippen molar-refractivity contribution in [3.8, 4) is 5.75 Å². The van der Waals surface area contributed by atoms with E-state index in [-0.39, 0.29) is 5.75 Å². The van der Waals surface area contributed by atoms with Gasteiger partial charge in [0.05, 0.1) is 12.0 Å². The van der Waals surface area contributed by atoms with Crippen LogP contribution in [0.25, 0.3) is 0 Å². The van der Waals surface area contributed by atoms with Gasteiger partial charge in [-0.15, -0.1) is 0 Å². The zero-order valence-electron chi connectivity index (χ0n) is 8.52. The number of carbonyl (C=O) groups is 1. The Labute approximate surface area is 93.6 Å². The molecule has 6 nitrogen and oxygen atoms in total. The summed E-state index contributed by atoms with van der Waals surface area (Å²) in [6, 6.07) is 2.16. The summed E-state index contributed by atoms with van der Waals surface area (Å²) in [5, 5.41) is 18.9. The number of nitro groups is 1. The number of methoxy groups -OCH3 is 1. The molecule has 0 atom stereocenters. The van der Waals surface area contributed by atoms with Crippen LogP contribution in [0.4, 0.5) is 14.5 Å². The zero-order valence-corrected chi connectivity index (χ0v) is 8.52. The van der Waals surface area contributed by atoms with Gasteiger partial charge in [0.1, 0.15) is 0 Å². The fraction of sp³-hybridized carbons (Fsp3) is 0.222. The molecule has 0 aliphatic carbocycles. The highest BCUT2D eigenvalue weighted by atomic mass is 19.3. The summed E-state index contributed by atoms with van der Waals surface area (Å²) in [5.41, 5.74) is -1.69. The molecule has 0 saturated carbocycles. The molecule has 0 aliphatic heterocycles. The van der Waals surface area contributed by atoms with Crippen LogP contribution in [-0.2, 0) is 10.7 Å². The SMILES string of the molecule is COc1ccc(C(F)(F)C(=O)O)cc1[N+](=O)[O-]. The van der Waals surface area contributed by atoms with Gasteiger partial charge < -0.3 is 9.84 Å². The second-order valence-corrected chi connectivity index (χ2v) is 3.02. The number of hydrogen-bond donors (Lipinski definition) is 1. The molecule has 0 unspecified atom stereocenters. The summed E-state index contributed by atoms with van der Waals surface area (Å²) in [7, 11) is 1.14. The van der Waals surface area contributed by atoms with E-state index in [0.717, 1.165) is 19.2 Å². The minimum Gasteiger partial charge on any atom is -0.490 e. The summed E-state index contributed by atoms with van der Waals surface area (Å²) in [4.78, 5) is 19.9. The van der Waals surface area contributed by atoms with E-state index in [0.29, 0.717) is 6.07 Å². The lowest BCUT2D eigenvalue weighted by molar-refractivity contribution is -0.385. The van der Waals surface area contributed by atoms with Crippen molar-refractivity contribution in [3.63, 3.8) is 0 Å². The topological polar surface area (TPSA) is 89.7 Å². The van der Waals surface area contributed by atoms with Gasteiger partial charge in [0, 0.05) is 11.6 Å². The van der Waals surface area contributed by atoms with Crippen molar-refractivity contribution in [3.05, 3.63) is 33.9 Å². The van der Waals surface area contributed by atoms with Crippen LogP contribution in [0.2, 0.25) is 0 Å². The van der Waals surface area contributed by atoms with E-state index >= 15 is 0 Å². The van der Waals surface area contributed by atoms with Crippen molar-refractivity contribution in [2.45, 2.75) is 5.92 Å². The molecular weight excluding hydrogens is 240 g/mol. The number of nitro benzene ring substituents is 1. The number of ether oxygens (including phenoxy) is 1. The number of halogens is 2. The highest BCUT2D eigenvalue weighted by Crippen LogP contribution is 2.35. The lowest BCUT2D eigenvalue weighted by atomic mass is 10.1. The molecule has 92 valence electrons. The lowest BCUT2D eigenvalue weighted by Gasteiger charge is -2.11. The van der Waals surface area contributed by atoms with Gasteiger partial charge in [-0.1, -0.05) is 0 Å². The maximum Gasteiger partial charge on any atom is 0.379 e. The van der Waals surface area contributed by atoms with Crippen molar-refractivity contribution < 1.29 is 28.3 Å². The molecular formula is C9H7F2NO5. The molecule has 0 amide bonds. The number of alkyl halides is 2. The fourth-order valence-electron chi connectivity index (χ4n) is 1.15. The number of carboxylic acid groups (broad SMARTS) is 1. The first kappa shape index (κ1) is 12.8. The maximum absolute atomic E-state index is 13.1. The molecule has 1 rings (SSSR count). The smallest absolute Gasteiger partial charge is 0.379 e. The van der Waals surface area contributed by atoms with Gasteiger partial charge in [0.15, 0.2) is 5.75 Å². The van der Waals surface area contributed by atoms with Crippen LogP contribution >= 0.6 is 0 Å². The van der Waals surface area contributed by atoms with E-state index in [2.05, 4.69) is 4.74 Å². The van der Waals surface area contributed by atoms with Crippen molar-refractivity contribution in [1.82, 2.24) is 0 Å². The third-order valence-electron chi connectivity index (χ3n) is 2.01. The first-order valence-electron chi connectivity index (χ1n) is 4.24. The second-order valence-electron chi connectivity index (χ2n) is 3.02. The number of hydrogen-bond acceptors (Lipinski definition) is 4. The molecule has 0 aliphatic rings. The lowest BCUT2D eigenvalue weighted by Crippen LogP contribution is -2.25. The Morgan fingerprint density at radius 1 is 1.53 bits per heavy atom. The van der Waals surface area contributed by atoms with Gasteiger partial charge in [0.2, 0.25) is 0 Å². The molecule has 0 spiro atoms. The molecule has 0 fully saturated rings. The van der Waals surface area contributed by atoms with Crippen LogP contribution < -0.4 is 4.74 Å². The number of rotatable bonds is 4. The van der Waals surface area contributed by atoms with Gasteiger partial charge >= 0.3 is 17.6 Å². The minimum atomic E-state index is -4.18. The summed E-state index contributed by atoms with van der Waals surface area (Å²) in [5.74, 6) is -6.78. The highest BCUT2D eigenvalue weighted by Gasteiger charge is 2.42. The van der Waals surface area contributed by atoms with Crippen LogP contribution in [0.3, 0.4) is 0 Å². The Bertz CT molecular complexity index is 474. The van der Waals surface area contributed by atoms with Crippen molar-refractivity contribution in [2.24, 2.45) is 0 Å². The molecule has 0 aromatic heterocycles. The number of carboxylic acids is 1. The van der Waals surface area contributed by atoms with Crippen LogP contribution in [0.1, 0.15) is 5.56 Å². The molecule has 17 heavy (non-hydrogen) atoms. The average Bonchev–Trinajstić information content (AvgIpc) is 2.27. The van der Waals surface area contributed by atoms with Gasteiger partial charge in [-0.3, -0.25) is 10.1 Å². The molecule has 0 heterocycles. The standard InChI is InChI=1S/C9H7F2NO5/c1-17-7-3-2-5(4-6(7)12(15)16)9(10,11)8(13)14/h2-4H,1H3,(H,13,14). The average molecular weight is 247 g/mol. The zero-order chi connectivity index (χ0) is 13.2. The number of benzene rings is 1. The summed E-state index contributed by atoms with van der Waals surface area (Å²) < 4.78 is 30.8. The second kappa shape index (κ2) is 4.32. The highest BCUT2D eigenvalue weighted by molar-refractivity contribution is 5.77. The van der Waals surface area contributed by atoms with E-state index in [4.69, 9.17) is 5.11 Å². The Kier molecular flexibility index (Phi) is 3.26. The van der Waals surface area contributed by atoms with Crippen LogP contribution in [-0.4, -0.2) is 23.1 Å². The predicted octanol–water partition coefficient (Wildman–Crippen LogP) is 1.78. The molecule has 1 aromatic carbocycles. The molecule has 0 bridgehead atoms. The number of nitrogens with zero attached hydrogens (tertiary/aromatic N) is 1. The first-order chi connectivity index (χ1) is 7.80. The quantitative estimate of drug-likeness (QED) is 0.646. The van der Waals surface area contributed by atoms with E-state index in [1.165, 1.54) is 0 Å². The van der Waals surface area contributed by atoms with Gasteiger partial charge in [-0.2, -0.15) is 8.78 Å². The largest absolute Gasteiger partial charge is 0.490 e. The minimum absolute atomic E-state index is 0.222. The van der Waals surface area contributed by atoms with E-state index in [1.54, 1.807) is 0 Å². The molecule has 1 N–H and O–H groups in total. The van der Waals surface area contributed by atoms with Gasteiger partial charge in [-0.25, -0.2) is 4.79 Å².